The number of aliphatic hydroxyl groups is 2. The van der Waals surface area contributed by atoms with Gasteiger partial charge in [-0.3, -0.25) is 24.0 Å². The summed E-state index contributed by atoms with van der Waals surface area (Å²) in [5.41, 5.74) is 1.27. The number of Topliss-reactive ketones (excluding diaryl/α,β-unsaturated/α-hetero) is 2. The van der Waals surface area contributed by atoms with Crippen LogP contribution in [-0.4, -0.2) is 121 Å². The Bertz CT molecular complexity index is 1780. The number of nitrogens with zero attached hydrogens (tertiary/aromatic N) is 1. The summed E-state index contributed by atoms with van der Waals surface area (Å²) in [5, 5.41) is 22.3. The van der Waals surface area contributed by atoms with Crippen LogP contribution in [0.4, 0.5) is 0 Å². The van der Waals surface area contributed by atoms with E-state index >= 15 is 0 Å². The maximum absolute atomic E-state index is 14.2. The molecule has 14 nitrogen and oxygen atoms in total. The molecule has 0 aromatic heterocycles. The summed E-state index contributed by atoms with van der Waals surface area (Å²) >= 11 is 0. The normalized spacial score (nSPS) is 28.4. The van der Waals surface area contributed by atoms with Crippen LogP contribution in [0.1, 0.15) is 119 Å². The highest BCUT2D eigenvalue weighted by Gasteiger charge is 2.53. The van der Waals surface area contributed by atoms with Crippen LogP contribution >= 0.6 is 0 Å². The molecular weight excluding hydrogens is 835 g/mol. The first-order valence-electron chi connectivity index (χ1n) is 23.4. The number of amides is 1. The zero-order valence-corrected chi connectivity index (χ0v) is 40.5. The molecule has 0 unspecified atom stereocenters. The summed E-state index contributed by atoms with van der Waals surface area (Å²) in [6, 6.07) is -1.16. The van der Waals surface area contributed by atoms with Crippen LogP contribution in [0.2, 0.25) is 0 Å². The number of carbonyl (C=O) groups excluding carboxylic acids is 6. The number of esters is 1. The molecule has 3 aliphatic rings. The Labute approximate surface area is 386 Å². The standard InChI is InChI=1S/C51H77NO13/c1-32(24-36(5)44(56)31-61-8)16-12-11-13-17-34(3)45(62-9)28-40-21-19-38(7)51(60,65-40)48(57)49(58)52-23-15-14-18-41(52)50(59)64-46(29-43(55)35(4)25-33(2)30-53)37(6)26-39-20-22-42(54)47(27-39)63-10/h11-13,16-17,25,29-30,32,35-42,45,47,54,60H,14-15,18-24,26-28,31H2,1-10H3/b13-11+,16-12+,33-25+,34-17+,46-29-/t32-,35-,36-,37-,38-,39+,40+,41+,42-,45+,47-,51-/m1/s1. The van der Waals surface area contributed by atoms with Gasteiger partial charge in [0, 0.05) is 64.0 Å². The lowest BCUT2D eigenvalue weighted by Crippen LogP contribution is -2.60. The van der Waals surface area contributed by atoms with Gasteiger partial charge in [-0.25, -0.2) is 4.79 Å². The minimum absolute atomic E-state index is 0.0753. The van der Waals surface area contributed by atoms with Crippen molar-refractivity contribution in [3.05, 3.63) is 59.4 Å². The third kappa shape index (κ3) is 16.4. The van der Waals surface area contributed by atoms with Crippen molar-refractivity contribution in [2.45, 2.75) is 155 Å². The molecule has 2 heterocycles. The molecule has 1 aliphatic carbocycles. The van der Waals surface area contributed by atoms with Gasteiger partial charge >= 0.3 is 5.97 Å². The van der Waals surface area contributed by atoms with Gasteiger partial charge in [-0.2, -0.15) is 0 Å². The maximum Gasteiger partial charge on any atom is 0.333 e. The number of piperidine rings is 1. The van der Waals surface area contributed by atoms with Crippen LogP contribution in [0.25, 0.3) is 0 Å². The lowest BCUT2D eigenvalue weighted by atomic mass is 9.80. The van der Waals surface area contributed by atoms with E-state index in [1.165, 1.54) is 19.3 Å². The Morgan fingerprint density at radius 2 is 1.63 bits per heavy atom. The fourth-order valence-electron chi connectivity index (χ4n) is 9.12. The Morgan fingerprint density at radius 3 is 2.29 bits per heavy atom. The second kappa shape index (κ2) is 27.0. The predicted molar refractivity (Wildman–Crippen MR) is 246 cm³/mol. The second-order valence-electron chi connectivity index (χ2n) is 18.8. The Kier molecular flexibility index (Phi) is 23.0. The number of carbonyl (C=O) groups is 6. The maximum atomic E-state index is 14.2. The molecule has 1 amide bonds. The van der Waals surface area contributed by atoms with Crippen molar-refractivity contribution >= 4 is 35.5 Å². The summed E-state index contributed by atoms with van der Waals surface area (Å²) in [6.07, 6.45) is 16.8. The number of aliphatic hydroxyl groups excluding tert-OH is 1. The molecule has 2 N–H and O–H groups in total. The Balaban J connectivity index is 1.75. The summed E-state index contributed by atoms with van der Waals surface area (Å²) < 4.78 is 28.4. The SMILES string of the molecule is COCC(=O)[C@H](C)C[C@H](C)/C=C/C=C/C=C(\C)[C@H](C[C@@H]1CC[C@@H](C)[C@](O)(C(=O)C(=O)N2CCCC[C@H]2C(=O)O/C(=C\C(=O)[C@H](C)/C=C(\C)C=O)[C@H](C)C[C@@H]2CC[C@@H](O)[C@H](OC)C2)O1)OC. The molecule has 0 bridgehead atoms. The van der Waals surface area contributed by atoms with E-state index < -0.39 is 65.6 Å². The molecule has 364 valence electrons. The number of allylic oxidation sites excluding steroid dienone is 9. The topological polar surface area (TPSA) is 192 Å². The van der Waals surface area contributed by atoms with E-state index in [-0.39, 0.29) is 60.8 Å². The monoisotopic (exact) mass is 912 g/mol. The van der Waals surface area contributed by atoms with E-state index in [0.29, 0.717) is 69.6 Å². The first-order valence-corrected chi connectivity index (χ1v) is 23.4. The van der Waals surface area contributed by atoms with Crippen molar-refractivity contribution in [1.82, 2.24) is 4.90 Å². The van der Waals surface area contributed by atoms with Crippen LogP contribution < -0.4 is 0 Å². The number of ketones is 3. The van der Waals surface area contributed by atoms with E-state index in [1.54, 1.807) is 35.0 Å². The van der Waals surface area contributed by atoms with Crippen molar-refractivity contribution < 1.29 is 62.7 Å². The minimum Gasteiger partial charge on any atom is -0.429 e. The summed E-state index contributed by atoms with van der Waals surface area (Å²) in [7, 11) is 4.64. The lowest BCUT2D eigenvalue weighted by molar-refractivity contribution is -0.265. The van der Waals surface area contributed by atoms with Crippen molar-refractivity contribution in [3.8, 4) is 0 Å². The van der Waals surface area contributed by atoms with Crippen molar-refractivity contribution in [1.29, 1.82) is 0 Å². The van der Waals surface area contributed by atoms with Gasteiger partial charge in [0.25, 0.3) is 11.7 Å². The van der Waals surface area contributed by atoms with Gasteiger partial charge in [-0.05, 0) is 101 Å². The van der Waals surface area contributed by atoms with E-state index in [1.807, 2.05) is 51.2 Å². The summed E-state index contributed by atoms with van der Waals surface area (Å²) in [4.78, 5) is 80.4. The smallest absolute Gasteiger partial charge is 0.333 e. The molecule has 3 fully saturated rings. The molecule has 2 aliphatic heterocycles. The Hall–Kier alpha value is -3.92. The van der Waals surface area contributed by atoms with Gasteiger partial charge in [-0.1, -0.05) is 71.1 Å². The quantitative estimate of drug-likeness (QED) is 0.0258. The fourth-order valence-corrected chi connectivity index (χ4v) is 9.12. The molecule has 0 spiro atoms. The fraction of sp³-hybridized carbons (Fsp3) is 0.686. The van der Waals surface area contributed by atoms with E-state index in [9.17, 15) is 39.0 Å². The van der Waals surface area contributed by atoms with Crippen LogP contribution in [0.5, 0.6) is 0 Å². The minimum atomic E-state index is -2.45. The zero-order chi connectivity index (χ0) is 48.4. The van der Waals surface area contributed by atoms with Gasteiger partial charge in [0.15, 0.2) is 11.6 Å². The molecular formula is C51H77NO13. The average Bonchev–Trinajstić information content (AvgIpc) is 3.28. The highest BCUT2D eigenvalue weighted by molar-refractivity contribution is 6.39. The van der Waals surface area contributed by atoms with Gasteiger partial charge in [0.05, 0.1) is 24.4 Å². The van der Waals surface area contributed by atoms with Gasteiger partial charge < -0.3 is 38.8 Å². The molecule has 0 aromatic rings. The van der Waals surface area contributed by atoms with E-state index in [2.05, 4.69) is 6.92 Å². The van der Waals surface area contributed by atoms with Gasteiger partial charge in [0.1, 0.15) is 24.7 Å². The summed E-state index contributed by atoms with van der Waals surface area (Å²) in [6.45, 7) is 12.8. The number of hydrogen-bond acceptors (Lipinski definition) is 13. The highest BCUT2D eigenvalue weighted by atomic mass is 16.6. The number of methoxy groups -OCH3 is 3. The summed E-state index contributed by atoms with van der Waals surface area (Å²) in [5.74, 6) is -7.28. The lowest BCUT2D eigenvalue weighted by Gasteiger charge is -2.42. The number of rotatable bonds is 24. The van der Waals surface area contributed by atoms with E-state index in [0.717, 1.165) is 16.9 Å². The number of hydrogen-bond donors (Lipinski definition) is 2. The Morgan fingerprint density at radius 1 is 0.908 bits per heavy atom. The van der Waals surface area contributed by atoms with Crippen molar-refractivity contribution in [2.24, 2.45) is 35.5 Å². The third-order valence-corrected chi connectivity index (χ3v) is 13.3. The first kappa shape index (κ1) is 55.4. The zero-order valence-electron chi connectivity index (χ0n) is 40.5. The largest absolute Gasteiger partial charge is 0.429 e. The first-order chi connectivity index (χ1) is 30.8. The molecule has 65 heavy (non-hydrogen) atoms. The molecule has 3 rings (SSSR count). The average molecular weight is 912 g/mol. The molecule has 14 heteroatoms. The third-order valence-electron chi connectivity index (χ3n) is 13.3. The van der Waals surface area contributed by atoms with Crippen LogP contribution in [0.15, 0.2) is 59.4 Å². The van der Waals surface area contributed by atoms with E-state index in [4.69, 9.17) is 23.7 Å². The molecule has 12 atom stereocenters. The second-order valence-corrected chi connectivity index (χ2v) is 18.8. The molecule has 0 aromatic carbocycles. The highest BCUT2D eigenvalue weighted by Crippen LogP contribution is 2.37. The van der Waals surface area contributed by atoms with Crippen LogP contribution in [0, 0.1) is 35.5 Å². The molecule has 2 saturated heterocycles. The van der Waals surface area contributed by atoms with Crippen LogP contribution in [-0.2, 0) is 52.5 Å². The van der Waals surface area contributed by atoms with Gasteiger partial charge in [0.2, 0.25) is 5.79 Å². The molecule has 1 saturated carbocycles. The van der Waals surface area contributed by atoms with Crippen LogP contribution in [0.3, 0.4) is 0 Å². The molecule has 0 radical (unpaired) electrons. The number of ether oxygens (including phenoxy) is 5. The number of aldehydes is 1. The number of likely N-dealkylation sites (tertiary alicyclic amines) is 1. The van der Waals surface area contributed by atoms with Crippen molar-refractivity contribution in [3.63, 3.8) is 0 Å². The predicted octanol–water partition coefficient (Wildman–Crippen LogP) is 6.76. The van der Waals surface area contributed by atoms with Crippen molar-refractivity contribution in [2.75, 3.05) is 34.5 Å². The van der Waals surface area contributed by atoms with Gasteiger partial charge in [-0.15, -0.1) is 0 Å².